The number of hydrogen-bond acceptors (Lipinski definition) is 3. The number of hydrogen-bond donors (Lipinski definition) is 2. The summed E-state index contributed by atoms with van der Waals surface area (Å²) in [5, 5.41) is 3.75. The fourth-order valence-corrected chi connectivity index (χ4v) is 3.01. The predicted octanol–water partition coefficient (Wildman–Crippen LogP) is 1.76. The van der Waals surface area contributed by atoms with E-state index in [0.717, 1.165) is 13.0 Å². The molecule has 0 aromatic heterocycles. The van der Waals surface area contributed by atoms with Crippen LogP contribution in [0.2, 0.25) is 0 Å². The van der Waals surface area contributed by atoms with Gasteiger partial charge in [0.25, 0.3) is 0 Å². The Balaban J connectivity index is 2.08. The molecule has 3 unspecified atom stereocenters. The van der Waals surface area contributed by atoms with Crippen LogP contribution in [-0.2, 0) is 0 Å². The molecule has 0 radical (unpaired) electrons. The molecule has 0 amide bonds. The van der Waals surface area contributed by atoms with Crippen LogP contribution >= 0.6 is 0 Å². The van der Waals surface area contributed by atoms with E-state index in [4.69, 9.17) is 5.73 Å². The van der Waals surface area contributed by atoms with E-state index in [1.54, 1.807) is 0 Å². The van der Waals surface area contributed by atoms with E-state index in [9.17, 15) is 0 Å². The Morgan fingerprint density at radius 2 is 2.11 bits per heavy atom. The SMILES string of the molecule is CC(NC1(CN)CC(C)N(C)C1)c1ccccc1. The van der Waals surface area contributed by atoms with Gasteiger partial charge in [0.05, 0.1) is 0 Å². The zero-order valence-corrected chi connectivity index (χ0v) is 11.7. The Kier molecular flexibility index (Phi) is 4.05. The number of nitrogens with one attached hydrogen (secondary N) is 1. The third-order valence-electron chi connectivity index (χ3n) is 4.20. The van der Waals surface area contributed by atoms with Crippen molar-refractivity contribution in [2.24, 2.45) is 5.73 Å². The number of likely N-dealkylation sites (N-methyl/N-ethyl adjacent to an activating group) is 1. The summed E-state index contributed by atoms with van der Waals surface area (Å²) in [6.07, 6.45) is 1.12. The highest BCUT2D eigenvalue weighted by Gasteiger charge is 2.40. The monoisotopic (exact) mass is 247 g/mol. The second-order valence-electron chi connectivity index (χ2n) is 5.73. The molecule has 3 atom stereocenters. The standard InChI is InChI=1S/C15H25N3/c1-12-9-15(10-16,11-18(12)3)17-13(2)14-7-5-4-6-8-14/h4-8,12-13,17H,9-11,16H2,1-3H3. The van der Waals surface area contributed by atoms with Gasteiger partial charge in [-0.1, -0.05) is 30.3 Å². The van der Waals surface area contributed by atoms with Gasteiger partial charge >= 0.3 is 0 Å². The van der Waals surface area contributed by atoms with Gasteiger partial charge in [0.1, 0.15) is 0 Å². The lowest BCUT2D eigenvalue weighted by molar-refractivity contribution is 0.284. The van der Waals surface area contributed by atoms with E-state index >= 15 is 0 Å². The molecule has 0 aliphatic carbocycles. The molecule has 3 heteroatoms. The summed E-state index contributed by atoms with van der Waals surface area (Å²) in [4.78, 5) is 2.39. The second-order valence-corrected chi connectivity index (χ2v) is 5.73. The molecule has 1 aliphatic rings. The lowest BCUT2D eigenvalue weighted by Crippen LogP contribution is -2.53. The Bertz CT molecular complexity index is 367. The summed E-state index contributed by atoms with van der Waals surface area (Å²) in [6, 6.07) is 11.5. The molecule has 3 N–H and O–H groups in total. The van der Waals surface area contributed by atoms with Crippen LogP contribution < -0.4 is 11.1 Å². The van der Waals surface area contributed by atoms with E-state index in [1.807, 2.05) is 0 Å². The molecule has 0 bridgehead atoms. The Morgan fingerprint density at radius 3 is 2.61 bits per heavy atom. The first-order chi connectivity index (χ1) is 8.56. The third kappa shape index (κ3) is 2.74. The fraction of sp³-hybridized carbons (Fsp3) is 0.600. The van der Waals surface area contributed by atoms with Gasteiger partial charge in [0, 0.05) is 30.7 Å². The first-order valence-electron chi connectivity index (χ1n) is 6.79. The van der Waals surface area contributed by atoms with Crippen LogP contribution in [0.3, 0.4) is 0 Å². The van der Waals surface area contributed by atoms with E-state index < -0.39 is 0 Å². The molecule has 1 aromatic rings. The average molecular weight is 247 g/mol. The number of benzene rings is 1. The molecule has 2 rings (SSSR count). The summed E-state index contributed by atoms with van der Waals surface area (Å²) in [5.74, 6) is 0. The maximum absolute atomic E-state index is 6.03. The number of nitrogens with two attached hydrogens (primary N) is 1. The number of likely N-dealkylation sites (tertiary alicyclic amines) is 1. The van der Waals surface area contributed by atoms with Crippen LogP contribution in [0.4, 0.5) is 0 Å². The highest BCUT2D eigenvalue weighted by atomic mass is 15.2. The first-order valence-corrected chi connectivity index (χ1v) is 6.79. The van der Waals surface area contributed by atoms with Gasteiger partial charge in [0.2, 0.25) is 0 Å². The van der Waals surface area contributed by atoms with Gasteiger partial charge in [-0.25, -0.2) is 0 Å². The lowest BCUT2D eigenvalue weighted by atomic mass is 9.94. The van der Waals surface area contributed by atoms with Gasteiger partial charge in [-0.2, -0.15) is 0 Å². The van der Waals surface area contributed by atoms with Gasteiger partial charge in [-0.3, -0.25) is 0 Å². The molecule has 100 valence electrons. The number of nitrogens with zero attached hydrogens (tertiary/aromatic N) is 1. The predicted molar refractivity (Wildman–Crippen MR) is 76.5 cm³/mol. The van der Waals surface area contributed by atoms with Crippen molar-refractivity contribution in [1.29, 1.82) is 0 Å². The van der Waals surface area contributed by atoms with Crippen molar-refractivity contribution < 1.29 is 0 Å². The normalized spacial score (nSPS) is 30.6. The van der Waals surface area contributed by atoms with Crippen LogP contribution in [0, 0.1) is 0 Å². The van der Waals surface area contributed by atoms with Gasteiger partial charge < -0.3 is 16.0 Å². The minimum atomic E-state index is 0.0590. The molecule has 1 heterocycles. The summed E-state index contributed by atoms with van der Waals surface area (Å²) < 4.78 is 0. The van der Waals surface area contributed by atoms with Crippen LogP contribution in [0.5, 0.6) is 0 Å². The van der Waals surface area contributed by atoms with E-state index in [0.29, 0.717) is 18.6 Å². The summed E-state index contributed by atoms with van der Waals surface area (Å²) in [5.41, 5.74) is 7.42. The van der Waals surface area contributed by atoms with Gasteiger partial charge in [-0.15, -0.1) is 0 Å². The zero-order valence-electron chi connectivity index (χ0n) is 11.7. The lowest BCUT2D eigenvalue weighted by Gasteiger charge is -2.32. The third-order valence-corrected chi connectivity index (χ3v) is 4.20. The molecular formula is C15H25N3. The van der Waals surface area contributed by atoms with Crippen molar-refractivity contribution >= 4 is 0 Å². The number of rotatable bonds is 4. The maximum Gasteiger partial charge on any atom is 0.0452 e. The van der Waals surface area contributed by atoms with Gasteiger partial charge in [-0.05, 0) is 32.9 Å². The fourth-order valence-electron chi connectivity index (χ4n) is 3.01. The topological polar surface area (TPSA) is 41.3 Å². The van der Waals surface area contributed by atoms with Crippen molar-refractivity contribution in [1.82, 2.24) is 10.2 Å². The Morgan fingerprint density at radius 1 is 1.44 bits per heavy atom. The van der Waals surface area contributed by atoms with Crippen LogP contribution in [0.1, 0.15) is 31.9 Å². The van der Waals surface area contributed by atoms with E-state index in [1.165, 1.54) is 5.56 Å². The maximum atomic E-state index is 6.03. The zero-order chi connectivity index (χ0) is 13.2. The Labute approximate surface area is 110 Å². The van der Waals surface area contributed by atoms with Crippen LogP contribution in [0.25, 0.3) is 0 Å². The molecule has 1 aliphatic heterocycles. The van der Waals surface area contributed by atoms with Gasteiger partial charge in [0.15, 0.2) is 0 Å². The first kappa shape index (κ1) is 13.5. The molecule has 3 nitrogen and oxygen atoms in total. The molecule has 1 saturated heterocycles. The molecule has 1 fully saturated rings. The minimum Gasteiger partial charge on any atom is -0.329 e. The Hall–Kier alpha value is -0.900. The van der Waals surface area contributed by atoms with Crippen molar-refractivity contribution in [3.05, 3.63) is 35.9 Å². The molecule has 18 heavy (non-hydrogen) atoms. The summed E-state index contributed by atoms with van der Waals surface area (Å²) in [6.45, 7) is 6.21. The molecular weight excluding hydrogens is 222 g/mol. The van der Waals surface area contributed by atoms with Crippen molar-refractivity contribution in [2.45, 2.75) is 37.9 Å². The van der Waals surface area contributed by atoms with Crippen LogP contribution in [0.15, 0.2) is 30.3 Å². The highest BCUT2D eigenvalue weighted by molar-refractivity contribution is 5.19. The van der Waals surface area contributed by atoms with Crippen molar-refractivity contribution in [2.75, 3.05) is 20.1 Å². The quantitative estimate of drug-likeness (QED) is 0.852. The minimum absolute atomic E-state index is 0.0590. The van der Waals surface area contributed by atoms with Crippen LogP contribution in [-0.4, -0.2) is 36.6 Å². The van der Waals surface area contributed by atoms with Crippen molar-refractivity contribution in [3.8, 4) is 0 Å². The highest BCUT2D eigenvalue weighted by Crippen LogP contribution is 2.27. The van der Waals surface area contributed by atoms with E-state index in [2.05, 4.69) is 61.4 Å². The summed E-state index contributed by atoms with van der Waals surface area (Å²) in [7, 11) is 2.18. The molecule has 0 saturated carbocycles. The largest absolute Gasteiger partial charge is 0.329 e. The summed E-state index contributed by atoms with van der Waals surface area (Å²) >= 11 is 0. The molecule has 1 aromatic carbocycles. The van der Waals surface area contributed by atoms with Crippen molar-refractivity contribution in [3.63, 3.8) is 0 Å². The average Bonchev–Trinajstić information content (AvgIpc) is 2.66. The molecule has 0 spiro atoms. The smallest absolute Gasteiger partial charge is 0.0452 e. The second kappa shape index (κ2) is 5.39. The van der Waals surface area contributed by atoms with E-state index in [-0.39, 0.29) is 5.54 Å².